The van der Waals surface area contributed by atoms with E-state index in [0.29, 0.717) is 12.6 Å². The SMILES string of the molecule is COCCN1CCC(NC2CC2)C1=O. The van der Waals surface area contributed by atoms with Gasteiger partial charge in [0.15, 0.2) is 0 Å². The Morgan fingerprint density at radius 2 is 2.29 bits per heavy atom. The van der Waals surface area contributed by atoms with Crippen LogP contribution in [0.5, 0.6) is 0 Å². The van der Waals surface area contributed by atoms with Gasteiger partial charge in [0, 0.05) is 26.2 Å². The van der Waals surface area contributed by atoms with Crippen molar-refractivity contribution < 1.29 is 9.53 Å². The van der Waals surface area contributed by atoms with Crippen LogP contribution in [0.1, 0.15) is 19.3 Å². The summed E-state index contributed by atoms with van der Waals surface area (Å²) in [6.07, 6.45) is 3.43. The van der Waals surface area contributed by atoms with Gasteiger partial charge >= 0.3 is 0 Å². The van der Waals surface area contributed by atoms with Gasteiger partial charge < -0.3 is 15.0 Å². The second-order valence-corrected chi connectivity index (χ2v) is 4.10. The molecule has 0 radical (unpaired) electrons. The lowest BCUT2D eigenvalue weighted by atomic mass is 10.2. The number of carbonyl (C=O) groups is 1. The highest BCUT2D eigenvalue weighted by molar-refractivity contribution is 5.84. The number of hydrogen-bond acceptors (Lipinski definition) is 3. The zero-order valence-electron chi connectivity index (χ0n) is 8.66. The maximum absolute atomic E-state index is 11.8. The number of carbonyl (C=O) groups excluding carboxylic acids is 1. The lowest BCUT2D eigenvalue weighted by molar-refractivity contribution is -0.130. The summed E-state index contributed by atoms with van der Waals surface area (Å²) in [5, 5.41) is 3.38. The van der Waals surface area contributed by atoms with Crippen molar-refractivity contribution in [3.05, 3.63) is 0 Å². The maximum Gasteiger partial charge on any atom is 0.239 e. The topological polar surface area (TPSA) is 41.6 Å². The van der Waals surface area contributed by atoms with Gasteiger partial charge in [-0.05, 0) is 19.3 Å². The van der Waals surface area contributed by atoms with Crippen LogP contribution in [0.3, 0.4) is 0 Å². The molecule has 2 rings (SSSR count). The second kappa shape index (κ2) is 4.28. The molecule has 14 heavy (non-hydrogen) atoms. The summed E-state index contributed by atoms with van der Waals surface area (Å²) in [5.74, 6) is 0.258. The molecule has 0 aromatic rings. The van der Waals surface area contributed by atoms with Crippen LogP contribution >= 0.6 is 0 Å². The largest absolute Gasteiger partial charge is 0.383 e. The average molecular weight is 198 g/mol. The van der Waals surface area contributed by atoms with Crippen LogP contribution in [0.25, 0.3) is 0 Å². The molecule has 0 bridgehead atoms. The predicted octanol–water partition coefficient (Wildman–Crippen LogP) is -0.0143. The molecule has 1 unspecified atom stereocenters. The van der Waals surface area contributed by atoms with Gasteiger partial charge in [-0.25, -0.2) is 0 Å². The summed E-state index contributed by atoms with van der Waals surface area (Å²) < 4.78 is 4.97. The smallest absolute Gasteiger partial charge is 0.239 e. The normalized spacial score (nSPS) is 27.4. The molecule has 1 aliphatic heterocycles. The monoisotopic (exact) mass is 198 g/mol. The van der Waals surface area contributed by atoms with Crippen molar-refractivity contribution in [2.45, 2.75) is 31.3 Å². The van der Waals surface area contributed by atoms with E-state index in [1.165, 1.54) is 12.8 Å². The van der Waals surface area contributed by atoms with Crippen molar-refractivity contribution in [3.63, 3.8) is 0 Å². The van der Waals surface area contributed by atoms with Crippen LogP contribution in [0.15, 0.2) is 0 Å². The van der Waals surface area contributed by atoms with Crippen LogP contribution in [-0.2, 0) is 9.53 Å². The number of amides is 1. The second-order valence-electron chi connectivity index (χ2n) is 4.10. The molecule has 1 heterocycles. The minimum Gasteiger partial charge on any atom is -0.383 e. The Kier molecular flexibility index (Phi) is 3.03. The lowest BCUT2D eigenvalue weighted by Gasteiger charge is -2.16. The van der Waals surface area contributed by atoms with Crippen LogP contribution in [0, 0.1) is 0 Å². The van der Waals surface area contributed by atoms with E-state index >= 15 is 0 Å². The Morgan fingerprint density at radius 3 is 2.93 bits per heavy atom. The van der Waals surface area contributed by atoms with Gasteiger partial charge in [-0.3, -0.25) is 4.79 Å². The van der Waals surface area contributed by atoms with Gasteiger partial charge in [0.1, 0.15) is 0 Å². The molecule has 1 N–H and O–H groups in total. The minimum atomic E-state index is 0.0827. The van der Waals surface area contributed by atoms with Crippen molar-refractivity contribution in [1.82, 2.24) is 10.2 Å². The standard InChI is InChI=1S/C10H18N2O2/c1-14-7-6-12-5-4-9(10(12)13)11-8-2-3-8/h8-9,11H,2-7H2,1H3. The molecule has 4 heteroatoms. The molecule has 0 spiro atoms. The Morgan fingerprint density at radius 1 is 1.50 bits per heavy atom. The number of nitrogens with zero attached hydrogens (tertiary/aromatic N) is 1. The van der Waals surface area contributed by atoms with E-state index in [-0.39, 0.29) is 11.9 Å². The average Bonchev–Trinajstić information content (AvgIpc) is 2.93. The predicted molar refractivity (Wildman–Crippen MR) is 53.0 cm³/mol. The van der Waals surface area contributed by atoms with Gasteiger partial charge in [-0.2, -0.15) is 0 Å². The van der Waals surface area contributed by atoms with Crippen molar-refractivity contribution in [2.75, 3.05) is 26.8 Å². The molecule has 1 saturated carbocycles. The Bertz CT molecular complexity index is 216. The molecule has 0 aromatic heterocycles. The van der Waals surface area contributed by atoms with E-state index in [9.17, 15) is 4.79 Å². The fourth-order valence-electron chi connectivity index (χ4n) is 1.85. The first-order valence-corrected chi connectivity index (χ1v) is 5.35. The zero-order valence-corrected chi connectivity index (χ0v) is 8.66. The van der Waals surface area contributed by atoms with Crippen LogP contribution in [-0.4, -0.2) is 49.7 Å². The number of nitrogens with one attached hydrogen (secondary N) is 1. The molecule has 1 saturated heterocycles. The fraction of sp³-hybridized carbons (Fsp3) is 0.900. The molecule has 2 aliphatic rings. The molecule has 0 aromatic carbocycles. The van der Waals surface area contributed by atoms with Crippen molar-refractivity contribution >= 4 is 5.91 Å². The highest BCUT2D eigenvalue weighted by atomic mass is 16.5. The first kappa shape index (κ1) is 9.93. The van der Waals surface area contributed by atoms with Gasteiger partial charge in [-0.15, -0.1) is 0 Å². The summed E-state index contributed by atoms with van der Waals surface area (Å²) >= 11 is 0. The van der Waals surface area contributed by atoms with Gasteiger partial charge in [0.25, 0.3) is 0 Å². The quantitative estimate of drug-likeness (QED) is 0.675. The summed E-state index contributed by atoms with van der Waals surface area (Å²) in [6, 6.07) is 0.700. The number of likely N-dealkylation sites (tertiary alicyclic amines) is 1. The van der Waals surface area contributed by atoms with Crippen LogP contribution in [0.2, 0.25) is 0 Å². The molecular formula is C10H18N2O2. The Balaban J connectivity index is 1.76. The Labute approximate surface area is 84.6 Å². The number of rotatable bonds is 5. The molecular weight excluding hydrogens is 180 g/mol. The highest BCUT2D eigenvalue weighted by Gasteiger charge is 2.35. The van der Waals surface area contributed by atoms with Gasteiger partial charge in [0.05, 0.1) is 12.6 Å². The first-order valence-electron chi connectivity index (χ1n) is 5.35. The summed E-state index contributed by atoms with van der Waals surface area (Å²) in [5.41, 5.74) is 0. The minimum absolute atomic E-state index is 0.0827. The molecule has 1 aliphatic carbocycles. The van der Waals surface area contributed by atoms with E-state index in [4.69, 9.17) is 4.74 Å². The highest BCUT2D eigenvalue weighted by Crippen LogP contribution is 2.22. The number of hydrogen-bond donors (Lipinski definition) is 1. The third-order valence-electron chi connectivity index (χ3n) is 2.88. The maximum atomic E-state index is 11.8. The third-order valence-corrected chi connectivity index (χ3v) is 2.88. The van der Waals surface area contributed by atoms with Gasteiger partial charge in [0.2, 0.25) is 5.91 Å². The molecule has 2 fully saturated rings. The molecule has 4 nitrogen and oxygen atoms in total. The first-order chi connectivity index (χ1) is 6.81. The van der Waals surface area contributed by atoms with E-state index < -0.39 is 0 Å². The van der Waals surface area contributed by atoms with E-state index in [0.717, 1.165) is 19.5 Å². The lowest BCUT2D eigenvalue weighted by Crippen LogP contribution is -2.40. The zero-order chi connectivity index (χ0) is 9.97. The molecule has 1 amide bonds. The molecule has 1 atom stereocenters. The van der Waals surface area contributed by atoms with Crippen LogP contribution < -0.4 is 5.32 Å². The van der Waals surface area contributed by atoms with Crippen molar-refractivity contribution in [1.29, 1.82) is 0 Å². The van der Waals surface area contributed by atoms with Crippen molar-refractivity contribution in [3.8, 4) is 0 Å². The number of methoxy groups -OCH3 is 1. The van der Waals surface area contributed by atoms with E-state index in [1.54, 1.807) is 7.11 Å². The van der Waals surface area contributed by atoms with E-state index in [2.05, 4.69) is 5.32 Å². The summed E-state index contributed by atoms with van der Waals surface area (Å²) in [4.78, 5) is 13.7. The third kappa shape index (κ3) is 2.25. The Hall–Kier alpha value is -0.610. The van der Waals surface area contributed by atoms with E-state index in [1.807, 2.05) is 4.90 Å². The van der Waals surface area contributed by atoms with Gasteiger partial charge in [-0.1, -0.05) is 0 Å². The van der Waals surface area contributed by atoms with Crippen LogP contribution in [0.4, 0.5) is 0 Å². The molecule has 80 valence electrons. The number of ether oxygens (including phenoxy) is 1. The summed E-state index contributed by atoms with van der Waals surface area (Å²) in [6.45, 7) is 2.26. The summed E-state index contributed by atoms with van der Waals surface area (Å²) in [7, 11) is 1.67. The fourth-order valence-corrected chi connectivity index (χ4v) is 1.85. The van der Waals surface area contributed by atoms with Crippen molar-refractivity contribution in [2.24, 2.45) is 0 Å².